The van der Waals surface area contributed by atoms with E-state index in [4.69, 9.17) is 5.11 Å². The topological polar surface area (TPSA) is 79.3 Å². The Morgan fingerprint density at radius 2 is 1.95 bits per heavy atom. The van der Waals surface area contributed by atoms with Gasteiger partial charge in [0.2, 0.25) is 5.91 Å². The van der Waals surface area contributed by atoms with Gasteiger partial charge in [0.25, 0.3) is 0 Å². The molecule has 2 N–H and O–H groups in total. The summed E-state index contributed by atoms with van der Waals surface area (Å²) in [6, 6.07) is 5.65. The lowest BCUT2D eigenvalue weighted by molar-refractivity contribution is -0.136. The number of aromatic nitrogens is 1. The van der Waals surface area contributed by atoms with Crippen molar-refractivity contribution in [1.82, 2.24) is 4.98 Å². The van der Waals surface area contributed by atoms with E-state index in [1.165, 1.54) is 35.6 Å². The molecule has 0 spiro atoms. The van der Waals surface area contributed by atoms with Crippen molar-refractivity contribution in [2.24, 2.45) is 0 Å². The maximum absolute atomic E-state index is 12.7. The first kappa shape index (κ1) is 14.1. The normalized spacial score (nSPS) is 10.2. The number of carbonyl (C=O) groups excluding carboxylic acids is 1. The molecule has 0 aliphatic heterocycles. The average molecular weight is 294 g/mol. The molecule has 1 aromatic heterocycles. The lowest BCUT2D eigenvalue weighted by Crippen LogP contribution is -2.14. The van der Waals surface area contributed by atoms with Crippen molar-refractivity contribution < 1.29 is 19.1 Å². The van der Waals surface area contributed by atoms with E-state index >= 15 is 0 Å². The van der Waals surface area contributed by atoms with Gasteiger partial charge in [-0.3, -0.25) is 9.59 Å². The van der Waals surface area contributed by atoms with Crippen molar-refractivity contribution in [3.05, 3.63) is 46.7 Å². The number of aliphatic carboxylic acids is 1. The fourth-order valence-corrected chi connectivity index (χ4v) is 2.28. The summed E-state index contributed by atoms with van der Waals surface area (Å²) < 4.78 is 12.7. The zero-order valence-corrected chi connectivity index (χ0v) is 11.1. The van der Waals surface area contributed by atoms with Crippen molar-refractivity contribution in [1.29, 1.82) is 0 Å². The summed E-state index contributed by atoms with van der Waals surface area (Å²) in [5.41, 5.74) is 1.09. The fourth-order valence-electron chi connectivity index (χ4n) is 1.55. The zero-order valence-electron chi connectivity index (χ0n) is 10.3. The van der Waals surface area contributed by atoms with E-state index in [0.717, 1.165) is 0 Å². The maximum atomic E-state index is 12.7. The van der Waals surface area contributed by atoms with Crippen molar-refractivity contribution in [3.8, 4) is 0 Å². The molecular formula is C13H11FN2O3S. The quantitative estimate of drug-likeness (QED) is 0.885. The molecule has 2 aromatic rings. The molecule has 1 amide bonds. The van der Waals surface area contributed by atoms with Crippen LogP contribution in [-0.4, -0.2) is 22.0 Å². The van der Waals surface area contributed by atoms with Crippen molar-refractivity contribution >= 4 is 28.3 Å². The molecule has 0 fully saturated rings. The van der Waals surface area contributed by atoms with Crippen LogP contribution in [0.3, 0.4) is 0 Å². The Morgan fingerprint density at radius 1 is 1.25 bits per heavy atom. The zero-order chi connectivity index (χ0) is 14.5. The van der Waals surface area contributed by atoms with Gasteiger partial charge in [0.1, 0.15) is 5.82 Å². The number of nitrogens with one attached hydrogen (secondary N) is 1. The third kappa shape index (κ3) is 4.13. The molecule has 20 heavy (non-hydrogen) atoms. The van der Waals surface area contributed by atoms with Crippen molar-refractivity contribution in [3.63, 3.8) is 0 Å². The van der Waals surface area contributed by atoms with Crippen LogP contribution in [-0.2, 0) is 22.4 Å². The van der Waals surface area contributed by atoms with Crippen LogP contribution in [0, 0.1) is 5.82 Å². The van der Waals surface area contributed by atoms with Crippen LogP contribution >= 0.6 is 11.3 Å². The Balaban J connectivity index is 1.92. The van der Waals surface area contributed by atoms with Gasteiger partial charge in [0.15, 0.2) is 5.13 Å². The number of carbonyl (C=O) groups is 2. The molecule has 0 radical (unpaired) electrons. The van der Waals surface area contributed by atoms with Gasteiger partial charge in [-0.15, -0.1) is 11.3 Å². The fraction of sp³-hybridized carbons (Fsp3) is 0.154. The number of anilines is 1. The standard InChI is InChI=1S/C13H11FN2O3S/c14-9-3-1-8(2-4-9)5-11(17)16-13-15-10(7-20-13)6-12(18)19/h1-4,7H,5-6H2,(H,18,19)(H,15,16,17). The van der Waals surface area contributed by atoms with Crippen molar-refractivity contribution in [2.45, 2.75) is 12.8 Å². The Hall–Kier alpha value is -2.28. The number of hydrogen-bond acceptors (Lipinski definition) is 4. The molecule has 0 bridgehead atoms. The summed E-state index contributed by atoms with van der Waals surface area (Å²) in [4.78, 5) is 26.3. The van der Waals surface area contributed by atoms with Crippen LogP contribution < -0.4 is 5.32 Å². The summed E-state index contributed by atoms with van der Waals surface area (Å²) in [5, 5.41) is 13.1. The highest BCUT2D eigenvalue weighted by Crippen LogP contribution is 2.16. The van der Waals surface area contributed by atoms with E-state index in [9.17, 15) is 14.0 Å². The van der Waals surface area contributed by atoms with Crippen LogP contribution in [0.2, 0.25) is 0 Å². The highest BCUT2D eigenvalue weighted by Gasteiger charge is 2.09. The second kappa shape index (κ2) is 6.25. The molecule has 1 heterocycles. The molecule has 2 rings (SSSR count). The molecule has 0 aliphatic rings. The van der Waals surface area contributed by atoms with Crippen molar-refractivity contribution in [2.75, 3.05) is 5.32 Å². The smallest absolute Gasteiger partial charge is 0.309 e. The number of thiazole rings is 1. The van der Waals surface area contributed by atoms with E-state index in [1.807, 2.05) is 0 Å². The van der Waals surface area contributed by atoms with E-state index in [2.05, 4.69) is 10.3 Å². The molecule has 0 atom stereocenters. The van der Waals surface area contributed by atoms with Crippen LogP contribution in [0.5, 0.6) is 0 Å². The second-order valence-corrected chi connectivity index (χ2v) is 4.92. The Morgan fingerprint density at radius 3 is 2.60 bits per heavy atom. The maximum Gasteiger partial charge on any atom is 0.309 e. The van der Waals surface area contributed by atoms with E-state index < -0.39 is 5.97 Å². The highest BCUT2D eigenvalue weighted by molar-refractivity contribution is 7.13. The van der Waals surface area contributed by atoms with Gasteiger partial charge in [-0.25, -0.2) is 9.37 Å². The number of hydrogen-bond donors (Lipinski definition) is 2. The Bertz CT molecular complexity index is 625. The number of carboxylic acid groups (broad SMARTS) is 1. The third-order valence-corrected chi connectivity index (χ3v) is 3.21. The number of amides is 1. The summed E-state index contributed by atoms with van der Waals surface area (Å²) in [6.07, 6.45) is -0.0710. The lowest BCUT2D eigenvalue weighted by Gasteiger charge is -2.01. The second-order valence-electron chi connectivity index (χ2n) is 4.07. The first-order valence-electron chi connectivity index (χ1n) is 5.73. The van der Waals surface area contributed by atoms with Gasteiger partial charge in [-0.2, -0.15) is 0 Å². The summed E-state index contributed by atoms with van der Waals surface area (Å²) in [5.74, 6) is -1.61. The van der Waals surface area contributed by atoms with E-state index in [-0.39, 0.29) is 24.6 Å². The summed E-state index contributed by atoms with van der Waals surface area (Å²) in [7, 11) is 0. The minimum atomic E-state index is -0.973. The molecular weight excluding hydrogens is 283 g/mol. The van der Waals surface area contributed by atoms with Gasteiger partial charge in [0.05, 0.1) is 18.5 Å². The number of benzene rings is 1. The summed E-state index contributed by atoms with van der Waals surface area (Å²) >= 11 is 1.17. The van der Waals surface area contributed by atoms with Gasteiger partial charge in [0, 0.05) is 5.38 Å². The molecule has 0 saturated carbocycles. The lowest BCUT2D eigenvalue weighted by atomic mass is 10.1. The van der Waals surface area contributed by atoms with Gasteiger partial charge in [-0.1, -0.05) is 12.1 Å². The predicted molar refractivity (Wildman–Crippen MR) is 72.2 cm³/mol. The molecule has 7 heteroatoms. The minimum Gasteiger partial charge on any atom is -0.481 e. The highest BCUT2D eigenvalue weighted by atomic mass is 32.1. The Labute approximate surface area is 118 Å². The van der Waals surface area contributed by atoms with Crippen LogP contribution in [0.4, 0.5) is 9.52 Å². The van der Waals surface area contributed by atoms with E-state index in [1.54, 1.807) is 5.38 Å². The molecule has 5 nitrogen and oxygen atoms in total. The summed E-state index contributed by atoms with van der Waals surface area (Å²) in [6.45, 7) is 0. The predicted octanol–water partition coefficient (Wildman–Crippen LogP) is 2.09. The molecule has 0 saturated heterocycles. The average Bonchev–Trinajstić information content (AvgIpc) is 2.78. The van der Waals surface area contributed by atoms with E-state index in [0.29, 0.717) is 16.4 Å². The molecule has 1 aromatic carbocycles. The number of nitrogens with zero attached hydrogens (tertiary/aromatic N) is 1. The third-order valence-electron chi connectivity index (χ3n) is 2.41. The van der Waals surface area contributed by atoms with Gasteiger partial charge < -0.3 is 10.4 Å². The van der Waals surface area contributed by atoms with Gasteiger partial charge in [-0.05, 0) is 17.7 Å². The first-order chi connectivity index (χ1) is 9.52. The van der Waals surface area contributed by atoms with Crippen LogP contribution in [0.1, 0.15) is 11.3 Å². The SMILES string of the molecule is O=C(O)Cc1csc(NC(=O)Cc2ccc(F)cc2)n1. The molecule has 0 unspecified atom stereocenters. The largest absolute Gasteiger partial charge is 0.481 e. The number of rotatable bonds is 5. The molecule has 0 aliphatic carbocycles. The minimum absolute atomic E-state index is 0.105. The Kier molecular flexibility index (Phi) is 4.41. The number of halogens is 1. The van der Waals surface area contributed by atoms with Crippen LogP contribution in [0.15, 0.2) is 29.6 Å². The molecule has 104 valence electrons. The van der Waals surface area contributed by atoms with Crippen LogP contribution in [0.25, 0.3) is 0 Å². The first-order valence-corrected chi connectivity index (χ1v) is 6.61. The monoisotopic (exact) mass is 294 g/mol. The number of carboxylic acids is 1. The van der Waals surface area contributed by atoms with Gasteiger partial charge >= 0.3 is 5.97 Å².